The molecule has 1 fully saturated rings. The summed E-state index contributed by atoms with van der Waals surface area (Å²) in [6, 6.07) is 7.18. The first kappa shape index (κ1) is 9.66. The summed E-state index contributed by atoms with van der Waals surface area (Å²) in [7, 11) is 0. The molecule has 2 heteroatoms. The van der Waals surface area contributed by atoms with Crippen LogP contribution in [0.3, 0.4) is 0 Å². The van der Waals surface area contributed by atoms with E-state index in [1.165, 1.54) is 30.5 Å². The lowest BCUT2D eigenvalue weighted by Gasteiger charge is -2.26. The summed E-state index contributed by atoms with van der Waals surface area (Å²) in [6.45, 7) is 0. The number of nitrogens with two attached hydrogens (primary N) is 1. The van der Waals surface area contributed by atoms with Gasteiger partial charge in [-0.1, -0.05) is 18.6 Å². The summed E-state index contributed by atoms with van der Waals surface area (Å²) in [5.74, 6) is 0.383. The van der Waals surface area contributed by atoms with E-state index in [2.05, 4.69) is 0 Å². The van der Waals surface area contributed by atoms with Crippen LogP contribution in [0.15, 0.2) is 24.3 Å². The number of halogens is 1. The molecule has 1 aliphatic rings. The Kier molecular flexibility index (Phi) is 2.82. The van der Waals surface area contributed by atoms with Gasteiger partial charge in [0.05, 0.1) is 0 Å². The van der Waals surface area contributed by atoms with Crippen molar-refractivity contribution < 1.29 is 4.39 Å². The Bertz CT molecular complexity index is 294. The van der Waals surface area contributed by atoms with E-state index in [4.69, 9.17) is 5.73 Å². The summed E-state index contributed by atoms with van der Waals surface area (Å²) < 4.78 is 12.7. The minimum atomic E-state index is -0.158. The molecule has 0 radical (unpaired) electrons. The first-order valence-corrected chi connectivity index (χ1v) is 5.27. The molecular formula is C12H16FN. The Labute approximate surface area is 84.1 Å². The third-order valence-corrected chi connectivity index (χ3v) is 3.06. The predicted molar refractivity (Wildman–Crippen MR) is 55.6 cm³/mol. The van der Waals surface area contributed by atoms with E-state index >= 15 is 0 Å². The largest absolute Gasteiger partial charge is 0.328 e. The molecule has 0 aliphatic heterocycles. The van der Waals surface area contributed by atoms with Gasteiger partial charge in [0, 0.05) is 6.04 Å². The zero-order valence-corrected chi connectivity index (χ0v) is 8.25. The molecule has 14 heavy (non-hydrogen) atoms. The third-order valence-electron chi connectivity index (χ3n) is 3.06. The third kappa shape index (κ3) is 2.13. The highest BCUT2D eigenvalue weighted by atomic mass is 19.1. The topological polar surface area (TPSA) is 26.0 Å². The maximum absolute atomic E-state index is 12.7. The lowest BCUT2D eigenvalue weighted by molar-refractivity contribution is 0.393. The van der Waals surface area contributed by atoms with E-state index < -0.39 is 0 Å². The maximum atomic E-state index is 12.7. The first-order chi connectivity index (χ1) is 6.75. The molecule has 1 nitrogen and oxygen atoms in total. The van der Waals surface area contributed by atoms with E-state index in [0.717, 1.165) is 12.8 Å². The highest BCUT2D eigenvalue weighted by Gasteiger charge is 2.20. The van der Waals surface area contributed by atoms with Crippen molar-refractivity contribution >= 4 is 0 Å². The smallest absolute Gasteiger partial charge is 0.123 e. The van der Waals surface area contributed by atoms with Gasteiger partial charge in [-0.2, -0.15) is 0 Å². The highest BCUT2D eigenvalue weighted by Crippen LogP contribution is 2.31. The van der Waals surface area contributed by atoms with Crippen molar-refractivity contribution in [2.24, 2.45) is 5.73 Å². The van der Waals surface area contributed by atoms with Crippen molar-refractivity contribution in [3.05, 3.63) is 35.6 Å². The van der Waals surface area contributed by atoms with Gasteiger partial charge in [-0.15, -0.1) is 0 Å². The summed E-state index contributed by atoms with van der Waals surface area (Å²) in [4.78, 5) is 0. The van der Waals surface area contributed by atoms with Crippen LogP contribution >= 0.6 is 0 Å². The fourth-order valence-corrected chi connectivity index (χ4v) is 2.27. The van der Waals surface area contributed by atoms with Crippen molar-refractivity contribution in [1.82, 2.24) is 0 Å². The number of rotatable bonds is 1. The van der Waals surface area contributed by atoms with Gasteiger partial charge in [-0.3, -0.25) is 0 Å². The first-order valence-electron chi connectivity index (χ1n) is 5.27. The van der Waals surface area contributed by atoms with E-state index in [1.54, 1.807) is 0 Å². The van der Waals surface area contributed by atoms with E-state index in [0.29, 0.717) is 12.0 Å². The SMILES string of the molecule is NC1CCCC(c2ccc(F)cc2)C1. The van der Waals surface area contributed by atoms with Gasteiger partial charge < -0.3 is 5.73 Å². The summed E-state index contributed by atoms with van der Waals surface area (Å²) >= 11 is 0. The maximum Gasteiger partial charge on any atom is 0.123 e. The molecule has 0 aromatic heterocycles. The summed E-state index contributed by atoms with van der Waals surface area (Å²) in [5, 5.41) is 0. The minimum Gasteiger partial charge on any atom is -0.328 e. The molecule has 76 valence electrons. The fraction of sp³-hybridized carbons (Fsp3) is 0.500. The number of hydrogen-bond donors (Lipinski definition) is 1. The molecule has 0 bridgehead atoms. The van der Waals surface area contributed by atoms with Gasteiger partial charge in [-0.05, 0) is 42.9 Å². The van der Waals surface area contributed by atoms with Crippen molar-refractivity contribution in [1.29, 1.82) is 0 Å². The molecular weight excluding hydrogens is 177 g/mol. The van der Waals surface area contributed by atoms with Crippen LogP contribution in [-0.2, 0) is 0 Å². The second kappa shape index (κ2) is 4.09. The Morgan fingerprint density at radius 3 is 2.50 bits per heavy atom. The lowest BCUT2D eigenvalue weighted by Crippen LogP contribution is -2.26. The Balaban J connectivity index is 2.10. The average molecular weight is 193 g/mol. The van der Waals surface area contributed by atoms with Crippen molar-refractivity contribution in [3.63, 3.8) is 0 Å². The summed E-state index contributed by atoms with van der Waals surface area (Å²) in [6.07, 6.45) is 4.58. The minimum absolute atomic E-state index is 0.158. The number of hydrogen-bond acceptors (Lipinski definition) is 1. The Morgan fingerprint density at radius 2 is 1.86 bits per heavy atom. The van der Waals surface area contributed by atoms with E-state index in [-0.39, 0.29) is 5.82 Å². The van der Waals surface area contributed by atoms with Crippen molar-refractivity contribution in [3.8, 4) is 0 Å². The van der Waals surface area contributed by atoms with Crippen LogP contribution in [0.25, 0.3) is 0 Å². The molecule has 2 atom stereocenters. The average Bonchev–Trinajstić information content (AvgIpc) is 2.19. The van der Waals surface area contributed by atoms with Crippen molar-refractivity contribution in [2.45, 2.75) is 37.6 Å². The van der Waals surface area contributed by atoms with Crippen LogP contribution in [-0.4, -0.2) is 6.04 Å². The van der Waals surface area contributed by atoms with Gasteiger partial charge in [0.15, 0.2) is 0 Å². The quantitative estimate of drug-likeness (QED) is 0.729. The van der Waals surface area contributed by atoms with Crippen LogP contribution in [0.2, 0.25) is 0 Å². The molecule has 0 amide bonds. The molecule has 1 aliphatic carbocycles. The molecule has 1 saturated carbocycles. The Hall–Kier alpha value is -0.890. The van der Waals surface area contributed by atoms with Gasteiger partial charge in [0.1, 0.15) is 5.82 Å². The highest BCUT2D eigenvalue weighted by molar-refractivity contribution is 5.21. The van der Waals surface area contributed by atoms with E-state index in [9.17, 15) is 4.39 Å². The number of benzene rings is 1. The molecule has 1 aromatic rings. The lowest BCUT2D eigenvalue weighted by atomic mass is 9.82. The molecule has 2 rings (SSSR count). The van der Waals surface area contributed by atoms with Gasteiger partial charge in [0.2, 0.25) is 0 Å². The summed E-state index contributed by atoms with van der Waals surface area (Å²) in [5.41, 5.74) is 7.16. The second-order valence-corrected chi connectivity index (χ2v) is 4.18. The van der Waals surface area contributed by atoms with Gasteiger partial charge >= 0.3 is 0 Å². The normalized spacial score (nSPS) is 27.6. The van der Waals surface area contributed by atoms with Crippen LogP contribution in [0.4, 0.5) is 4.39 Å². The molecule has 0 saturated heterocycles. The molecule has 2 unspecified atom stereocenters. The fourth-order valence-electron chi connectivity index (χ4n) is 2.27. The molecule has 0 spiro atoms. The molecule has 2 N–H and O–H groups in total. The van der Waals surface area contributed by atoms with Crippen LogP contribution < -0.4 is 5.73 Å². The standard InChI is InChI=1S/C12H16FN/c13-11-6-4-9(5-7-11)10-2-1-3-12(14)8-10/h4-7,10,12H,1-3,8,14H2. The van der Waals surface area contributed by atoms with Gasteiger partial charge in [0.25, 0.3) is 0 Å². The van der Waals surface area contributed by atoms with Gasteiger partial charge in [-0.25, -0.2) is 4.39 Å². The Morgan fingerprint density at radius 1 is 1.14 bits per heavy atom. The monoisotopic (exact) mass is 193 g/mol. The van der Waals surface area contributed by atoms with Crippen LogP contribution in [0.1, 0.15) is 37.2 Å². The van der Waals surface area contributed by atoms with E-state index in [1.807, 2.05) is 12.1 Å². The zero-order valence-electron chi connectivity index (χ0n) is 8.25. The zero-order chi connectivity index (χ0) is 9.97. The van der Waals surface area contributed by atoms with Crippen LogP contribution in [0.5, 0.6) is 0 Å². The molecule has 1 aromatic carbocycles. The molecule has 0 heterocycles. The van der Waals surface area contributed by atoms with Crippen molar-refractivity contribution in [2.75, 3.05) is 0 Å². The second-order valence-electron chi connectivity index (χ2n) is 4.18. The predicted octanol–water partition coefficient (Wildman–Crippen LogP) is 2.81. The van der Waals surface area contributed by atoms with Crippen LogP contribution in [0, 0.1) is 5.82 Å².